The van der Waals surface area contributed by atoms with Crippen molar-refractivity contribution in [1.82, 2.24) is 9.80 Å². The molecule has 0 unspecified atom stereocenters. The molecule has 2 aromatic carbocycles. The first-order valence-corrected chi connectivity index (χ1v) is 11.7. The number of carbonyl (C=O) groups is 4. The molecule has 7 heteroatoms. The van der Waals surface area contributed by atoms with E-state index >= 15 is 0 Å². The van der Waals surface area contributed by atoms with Crippen molar-refractivity contribution in [3.63, 3.8) is 0 Å². The Bertz CT molecular complexity index is 1230. The zero-order valence-corrected chi connectivity index (χ0v) is 20.5. The summed E-state index contributed by atoms with van der Waals surface area (Å²) in [4.78, 5) is 54.6. The number of hydrogen-bond donors (Lipinski definition) is 0. The van der Waals surface area contributed by atoms with Gasteiger partial charge in [-0.3, -0.25) is 29.0 Å². The van der Waals surface area contributed by atoms with Crippen LogP contribution in [0.5, 0.6) is 11.5 Å². The lowest BCUT2D eigenvalue weighted by molar-refractivity contribution is 0.0428. The maximum Gasteiger partial charge on any atom is 0.262 e. The SMILES string of the molecule is CCC(C)(C)N1C(=O)c2ccc(Oc3ccc4c(c3)C(=O)N(C(C)(CC)CC)C4=O)cc2C1=O. The number of nitrogens with zero attached hydrogens (tertiary/aromatic N) is 2. The van der Waals surface area contributed by atoms with Gasteiger partial charge in [-0.25, -0.2) is 0 Å². The smallest absolute Gasteiger partial charge is 0.262 e. The number of fused-ring (bicyclic) bond motifs is 2. The average molecular weight is 463 g/mol. The van der Waals surface area contributed by atoms with Crippen molar-refractivity contribution < 1.29 is 23.9 Å². The minimum atomic E-state index is -0.599. The van der Waals surface area contributed by atoms with E-state index in [9.17, 15) is 19.2 Å². The third kappa shape index (κ3) is 3.42. The fourth-order valence-electron chi connectivity index (χ4n) is 4.47. The summed E-state index contributed by atoms with van der Waals surface area (Å²) in [6, 6.07) is 9.57. The van der Waals surface area contributed by atoms with Gasteiger partial charge in [0.25, 0.3) is 23.6 Å². The van der Waals surface area contributed by atoms with E-state index in [2.05, 4.69) is 0 Å². The molecule has 2 aliphatic heterocycles. The molecule has 4 rings (SSSR count). The molecular weight excluding hydrogens is 432 g/mol. The van der Waals surface area contributed by atoms with Crippen LogP contribution in [0.15, 0.2) is 36.4 Å². The molecule has 7 nitrogen and oxygen atoms in total. The highest BCUT2D eigenvalue weighted by molar-refractivity contribution is 6.22. The fraction of sp³-hybridized carbons (Fsp3) is 0.407. The van der Waals surface area contributed by atoms with Gasteiger partial charge in [0.2, 0.25) is 0 Å². The van der Waals surface area contributed by atoms with Crippen LogP contribution in [0, 0.1) is 0 Å². The molecule has 2 aliphatic rings. The monoisotopic (exact) mass is 462 g/mol. The average Bonchev–Trinajstić information content (AvgIpc) is 3.23. The van der Waals surface area contributed by atoms with Crippen LogP contribution in [0.2, 0.25) is 0 Å². The Morgan fingerprint density at radius 3 is 1.47 bits per heavy atom. The van der Waals surface area contributed by atoms with Crippen LogP contribution in [0.3, 0.4) is 0 Å². The van der Waals surface area contributed by atoms with E-state index in [1.165, 1.54) is 9.80 Å². The zero-order chi connectivity index (χ0) is 25.0. The summed E-state index contributed by atoms with van der Waals surface area (Å²) in [5.41, 5.74) is 0.154. The van der Waals surface area contributed by atoms with E-state index in [1.54, 1.807) is 36.4 Å². The van der Waals surface area contributed by atoms with Crippen molar-refractivity contribution in [3.05, 3.63) is 58.7 Å². The van der Waals surface area contributed by atoms with Crippen LogP contribution >= 0.6 is 0 Å². The molecule has 178 valence electrons. The van der Waals surface area contributed by atoms with Gasteiger partial charge in [-0.1, -0.05) is 20.8 Å². The Labute approximate surface area is 199 Å². The van der Waals surface area contributed by atoms with E-state index in [-0.39, 0.29) is 23.6 Å². The first-order chi connectivity index (χ1) is 16.0. The molecule has 4 amide bonds. The van der Waals surface area contributed by atoms with Crippen molar-refractivity contribution in [1.29, 1.82) is 0 Å². The Morgan fingerprint density at radius 2 is 1.03 bits per heavy atom. The second-order valence-corrected chi connectivity index (χ2v) is 9.78. The zero-order valence-electron chi connectivity index (χ0n) is 20.5. The van der Waals surface area contributed by atoms with Crippen molar-refractivity contribution in [2.45, 2.75) is 71.9 Å². The summed E-state index contributed by atoms with van der Waals surface area (Å²) < 4.78 is 5.95. The molecular formula is C27H30N2O5. The third-order valence-corrected chi connectivity index (χ3v) is 7.49. The Kier molecular flexibility index (Phi) is 5.62. The van der Waals surface area contributed by atoms with Crippen molar-refractivity contribution in [2.24, 2.45) is 0 Å². The van der Waals surface area contributed by atoms with E-state index in [1.807, 2.05) is 41.5 Å². The molecule has 0 N–H and O–H groups in total. The summed E-state index contributed by atoms with van der Waals surface area (Å²) in [6.45, 7) is 11.5. The molecule has 34 heavy (non-hydrogen) atoms. The maximum atomic E-state index is 13.1. The van der Waals surface area contributed by atoms with Crippen LogP contribution in [0.25, 0.3) is 0 Å². The molecule has 0 saturated heterocycles. The maximum absolute atomic E-state index is 13.1. The second-order valence-electron chi connectivity index (χ2n) is 9.78. The van der Waals surface area contributed by atoms with E-state index < -0.39 is 11.1 Å². The third-order valence-electron chi connectivity index (χ3n) is 7.49. The summed E-state index contributed by atoms with van der Waals surface area (Å²) in [6.07, 6.45) is 1.95. The van der Waals surface area contributed by atoms with Crippen LogP contribution in [0.4, 0.5) is 0 Å². The predicted molar refractivity (Wildman–Crippen MR) is 127 cm³/mol. The van der Waals surface area contributed by atoms with E-state index in [4.69, 9.17) is 4.74 Å². The van der Waals surface area contributed by atoms with Gasteiger partial charge in [0.1, 0.15) is 11.5 Å². The van der Waals surface area contributed by atoms with Crippen LogP contribution in [-0.2, 0) is 0 Å². The topological polar surface area (TPSA) is 84.0 Å². The largest absolute Gasteiger partial charge is 0.457 e. The lowest BCUT2D eigenvalue weighted by Crippen LogP contribution is -2.48. The van der Waals surface area contributed by atoms with Gasteiger partial charge in [-0.2, -0.15) is 0 Å². The summed E-state index contributed by atoms with van der Waals surface area (Å²) in [5.74, 6) is -0.534. The molecule has 0 aromatic heterocycles. The first-order valence-electron chi connectivity index (χ1n) is 11.7. The summed E-state index contributed by atoms with van der Waals surface area (Å²) >= 11 is 0. The van der Waals surface area contributed by atoms with Crippen molar-refractivity contribution in [3.8, 4) is 11.5 Å². The number of amides is 4. The Hall–Kier alpha value is -3.48. The van der Waals surface area contributed by atoms with Gasteiger partial charge in [-0.15, -0.1) is 0 Å². The lowest BCUT2D eigenvalue weighted by Gasteiger charge is -2.35. The standard InChI is InChI=1S/C27H30N2O5/c1-7-26(4,5)28-22(30)18-12-10-16(14-20(18)24(28)32)34-17-11-13-19-21(15-17)25(33)29(23(19)31)27(6,8-2)9-3/h10-15H,7-9H2,1-6H3. The molecule has 2 aromatic rings. The van der Waals surface area contributed by atoms with Crippen molar-refractivity contribution >= 4 is 23.6 Å². The van der Waals surface area contributed by atoms with Gasteiger partial charge in [0.05, 0.1) is 22.3 Å². The molecule has 0 radical (unpaired) electrons. The predicted octanol–water partition coefficient (Wildman–Crippen LogP) is 5.44. The van der Waals surface area contributed by atoms with Gasteiger partial charge in [0, 0.05) is 11.1 Å². The second kappa shape index (κ2) is 8.08. The molecule has 0 spiro atoms. The molecule has 0 atom stereocenters. The number of benzene rings is 2. The van der Waals surface area contributed by atoms with Gasteiger partial charge in [0.15, 0.2) is 0 Å². The summed E-state index contributed by atoms with van der Waals surface area (Å²) in [7, 11) is 0. The van der Waals surface area contributed by atoms with Crippen LogP contribution in [-0.4, -0.2) is 44.5 Å². The highest BCUT2D eigenvalue weighted by atomic mass is 16.5. The van der Waals surface area contributed by atoms with E-state index in [0.29, 0.717) is 53.0 Å². The minimum absolute atomic E-state index is 0.293. The van der Waals surface area contributed by atoms with Crippen LogP contribution in [0.1, 0.15) is 102 Å². The number of carbonyl (C=O) groups excluding carboxylic acids is 4. The van der Waals surface area contributed by atoms with E-state index in [0.717, 1.165) is 0 Å². The normalized spacial score (nSPS) is 15.8. The number of hydrogen-bond acceptors (Lipinski definition) is 5. The Balaban J connectivity index is 1.63. The van der Waals surface area contributed by atoms with Gasteiger partial charge < -0.3 is 4.74 Å². The van der Waals surface area contributed by atoms with Gasteiger partial charge >= 0.3 is 0 Å². The Morgan fingerprint density at radius 1 is 0.618 bits per heavy atom. The quantitative estimate of drug-likeness (QED) is 0.512. The fourth-order valence-corrected chi connectivity index (χ4v) is 4.47. The van der Waals surface area contributed by atoms with Gasteiger partial charge in [-0.05, 0) is 76.4 Å². The molecule has 2 heterocycles. The molecule has 0 fully saturated rings. The molecule has 0 saturated carbocycles. The number of ether oxygens (including phenoxy) is 1. The van der Waals surface area contributed by atoms with Crippen molar-refractivity contribution in [2.75, 3.05) is 0 Å². The summed E-state index contributed by atoms with van der Waals surface area (Å²) in [5, 5.41) is 0. The highest BCUT2D eigenvalue weighted by Crippen LogP contribution is 2.37. The molecule has 0 aliphatic carbocycles. The molecule has 0 bridgehead atoms. The highest BCUT2D eigenvalue weighted by Gasteiger charge is 2.45. The number of imide groups is 2. The first kappa shape index (κ1) is 23.7. The van der Waals surface area contributed by atoms with Crippen LogP contribution < -0.4 is 4.74 Å². The lowest BCUT2D eigenvalue weighted by atomic mass is 9.93. The minimum Gasteiger partial charge on any atom is -0.457 e. The number of rotatable bonds is 7.